The molecule has 0 aliphatic carbocycles. The van der Waals surface area contributed by atoms with E-state index in [0.29, 0.717) is 18.1 Å². The number of sulfonamides is 1. The summed E-state index contributed by atoms with van der Waals surface area (Å²) in [5, 5.41) is 6.60. The molecule has 2 aromatic carbocycles. The van der Waals surface area contributed by atoms with Crippen molar-refractivity contribution in [1.82, 2.24) is 15.5 Å². The van der Waals surface area contributed by atoms with E-state index in [2.05, 4.69) is 22.0 Å². The topological polar surface area (TPSA) is 105 Å². The fourth-order valence-corrected chi connectivity index (χ4v) is 5.13. The summed E-state index contributed by atoms with van der Waals surface area (Å²) < 4.78 is 33.0. The highest BCUT2D eigenvalue weighted by molar-refractivity contribution is 7.93. The molecular weight excluding hydrogens is 475 g/mol. The summed E-state index contributed by atoms with van der Waals surface area (Å²) in [7, 11) is -4.15. The first kappa shape index (κ1) is 23.8. The van der Waals surface area contributed by atoms with Crippen molar-refractivity contribution in [2.75, 3.05) is 17.4 Å². The molecule has 0 aliphatic rings. The van der Waals surface area contributed by atoms with Gasteiger partial charge in [0.2, 0.25) is 5.89 Å². The fraction of sp³-hybridized carbons (Fsp3) is 0.190. The summed E-state index contributed by atoms with van der Waals surface area (Å²) in [6, 6.07) is 10.6. The molecule has 11 heteroatoms. The number of aryl methyl sites for hydroxylation is 1. The quantitative estimate of drug-likeness (QED) is 0.450. The molecule has 0 bridgehead atoms. The smallest absolute Gasteiger partial charge is 0.266 e. The van der Waals surface area contributed by atoms with Gasteiger partial charge in [-0.15, -0.1) is 6.58 Å². The number of nitrogens with zero attached hydrogens (tertiary/aromatic N) is 3. The number of hydrogen-bond acceptors (Lipinski definition) is 6. The van der Waals surface area contributed by atoms with Gasteiger partial charge in [0.1, 0.15) is 4.90 Å². The number of halogens is 2. The molecule has 0 spiro atoms. The van der Waals surface area contributed by atoms with Gasteiger partial charge in [-0.25, -0.2) is 8.42 Å². The van der Waals surface area contributed by atoms with E-state index in [-0.39, 0.29) is 39.3 Å². The Morgan fingerprint density at radius 3 is 2.62 bits per heavy atom. The van der Waals surface area contributed by atoms with Crippen LogP contribution >= 0.6 is 23.2 Å². The molecule has 168 valence electrons. The first-order chi connectivity index (χ1) is 15.2. The van der Waals surface area contributed by atoms with Crippen molar-refractivity contribution >= 4 is 44.8 Å². The van der Waals surface area contributed by atoms with Gasteiger partial charge in [0.25, 0.3) is 15.9 Å². The average Bonchev–Trinajstić information content (AvgIpc) is 3.17. The third-order valence-corrected chi connectivity index (χ3v) is 6.95. The number of nitrogens with one attached hydrogen (secondary N) is 1. The number of amides is 1. The highest BCUT2D eigenvalue weighted by Crippen LogP contribution is 2.33. The average molecular weight is 495 g/mol. The third kappa shape index (κ3) is 5.29. The second-order valence-corrected chi connectivity index (χ2v) is 9.31. The van der Waals surface area contributed by atoms with E-state index in [1.54, 1.807) is 31.2 Å². The lowest BCUT2D eigenvalue weighted by Crippen LogP contribution is -2.32. The van der Waals surface area contributed by atoms with E-state index in [1.165, 1.54) is 24.3 Å². The van der Waals surface area contributed by atoms with E-state index in [1.807, 2.05) is 0 Å². The van der Waals surface area contributed by atoms with Gasteiger partial charge in [0.15, 0.2) is 5.82 Å². The lowest BCUT2D eigenvalue weighted by Gasteiger charge is -2.24. The van der Waals surface area contributed by atoms with Gasteiger partial charge in [0.05, 0.1) is 22.3 Å². The number of carbonyl (C=O) groups is 1. The minimum absolute atomic E-state index is 0.0241. The molecule has 1 N–H and O–H groups in total. The monoisotopic (exact) mass is 494 g/mol. The maximum Gasteiger partial charge on any atom is 0.266 e. The van der Waals surface area contributed by atoms with Crippen molar-refractivity contribution < 1.29 is 17.7 Å². The van der Waals surface area contributed by atoms with Gasteiger partial charge in [0, 0.05) is 18.5 Å². The van der Waals surface area contributed by atoms with Crippen LogP contribution < -0.4 is 9.62 Å². The molecule has 1 aromatic heterocycles. The minimum atomic E-state index is -4.15. The number of anilines is 1. The van der Waals surface area contributed by atoms with Gasteiger partial charge in [-0.1, -0.05) is 46.6 Å². The SMILES string of the molecule is C=CCN(c1ccccc1Cl)S(=O)(=O)c1cc(C(=O)NCCc2nc(C)no2)ccc1Cl. The van der Waals surface area contributed by atoms with Crippen LogP contribution in [-0.4, -0.2) is 37.6 Å². The van der Waals surface area contributed by atoms with Crippen molar-refractivity contribution in [3.05, 3.63) is 82.4 Å². The normalized spacial score (nSPS) is 11.2. The number of carbonyl (C=O) groups excluding carboxylic acids is 1. The Balaban J connectivity index is 1.86. The van der Waals surface area contributed by atoms with Crippen molar-refractivity contribution in [2.45, 2.75) is 18.2 Å². The maximum atomic E-state index is 13.4. The van der Waals surface area contributed by atoms with Gasteiger partial charge in [-0.3, -0.25) is 9.10 Å². The second-order valence-electron chi connectivity index (χ2n) is 6.66. The Labute approximate surface area is 195 Å². The third-order valence-electron chi connectivity index (χ3n) is 4.37. The van der Waals surface area contributed by atoms with E-state index in [9.17, 15) is 13.2 Å². The molecule has 0 atom stereocenters. The summed E-state index contributed by atoms with van der Waals surface area (Å²) in [6.45, 7) is 5.51. The van der Waals surface area contributed by atoms with Crippen LogP contribution in [0.2, 0.25) is 10.0 Å². The van der Waals surface area contributed by atoms with Crippen LogP contribution in [0.4, 0.5) is 5.69 Å². The van der Waals surface area contributed by atoms with Crippen LogP contribution in [0, 0.1) is 6.92 Å². The van der Waals surface area contributed by atoms with E-state index >= 15 is 0 Å². The van der Waals surface area contributed by atoms with Crippen LogP contribution in [0.1, 0.15) is 22.1 Å². The lowest BCUT2D eigenvalue weighted by atomic mass is 10.2. The van der Waals surface area contributed by atoms with E-state index in [0.717, 1.165) is 4.31 Å². The van der Waals surface area contributed by atoms with Crippen LogP contribution in [0.25, 0.3) is 0 Å². The first-order valence-electron chi connectivity index (χ1n) is 9.49. The first-order valence-corrected chi connectivity index (χ1v) is 11.7. The highest BCUT2D eigenvalue weighted by Gasteiger charge is 2.28. The van der Waals surface area contributed by atoms with Gasteiger partial charge < -0.3 is 9.84 Å². The summed E-state index contributed by atoms with van der Waals surface area (Å²) in [5.41, 5.74) is 0.405. The summed E-state index contributed by atoms with van der Waals surface area (Å²) in [4.78, 5) is 16.4. The summed E-state index contributed by atoms with van der Waals surface area (Å²) in [5.74, 6) is 0.422. The number of para-hydroxylation sites is 1. The van der Waals surface area contributed by atoms with Crippen LogP contribution in [0.15, 0.2) is 64.5 Å². The molecular formula is C21H20Cl2N4O4S. The number of hydrogen-bond donors (Lipinski definition) is 1. The Bertz CT molecular complexity index is 1240. The molecule has 0 saturated carbocycles. The Morgan fingerprint density at radius 2 is 1.97 bits per heavy atom. The van der Waals surface area contributed by atoms with Crippen molar-refractivity contribution in [3.8, 4) is 0 Å². The van der Waals surface area contributed by atoms with Crippen LogP contribution in [-0.2, 0) is 16.4 Å². The molecule has 1 heterocycles. The lowest BCUT2D eigenvalue weighted by molar-refractivity contribution is 0.0953. The molecule has 3 aromatic rings. The number of rotatable bonds is 9. The molecule has 0 radical (unpaired) electrons. The van der Waals surface area contributed by atoms with Gasteiger partial charge >= 0.3 is 0 Å². The van der Waals surface area contributed by atoms with Crippen molar-refractivity contribution in [3.63, 3.8) is 0 Å². The maximum absolute atomic E-state index is 13.4. The number of aromatic nitrogens is 2. The molecule has 32 heavy (non-hydrogen) atoms. The Hall–Kier alpha value is -2.88. The Morgan fingerprint density at radius 1 is 1.22 bits per heavy atom. The van der Waals surface area contributed by atoms with Gasteiger partial charge in [-0.05, 0) is 37.3 Å². The summed E-state index contributed by atoms with van der Waals surface area (Å²) >= 11 is 12.4. The van der Waals surface area contributed by atoms with Crippen LogP contribution in [0.5, 0.6) is 0 Å². The van der Waals surface area contributed by atoms with Crippen molar-refractivity contribution in [2.24, 2.45) is 0 Å². The van der Waals surface area contributed by atoms with E-state index < -0.39 is 15.9 Å². The molecule has 0 aliphatic heterocycles. The largest absolute Gasteiger partial charge is 0.352 e. The molecule has 0 fully saturated rings. The molecule has 8 nitrogen and oxygen atoms in total. The molecule has 0 saturated heterocycles. The molecule has 0 unspecified atom stereocenters. The van der Waals surface area contributed by atoms with Gasteiger partial charge in [-0.2, -0.15) is 4.98 Å². The predicted molar refractivity (Wildman–Crippen MR) is 123 cm³/mol. The predicted octanol–water partition coefficient (Wildman–Crippen LogP) is 4.04. The highest BCUT2D eigenvalue weighted by atomic mass is 35.5. The minimum Gasteiger partial charge on any atom is -0.352 e. The zero-order valence-electron chi connectivity index (χ0n) is 17.1. The fourth-order valence-electron chi connectivity index (χ4n) is 2.88. The van der Waals surface area contributed by atoms with E-state index in [4.69, 9.17) is 27.7 Å². The molecule has 3 rings (SSSR count). The van der Waals surface area contributed by atoms with Crippen LogP contribution in [0.3, 0.4) is 0 Å². The zero-order valence-corrected chi connectivity index (χ0v) is 19.4. The summed E-state index contributed by atoms with van der Waals surface area (Å²) in [6.07, 6.45) is 1.77. The molecule has 1 amide bonds. The standard InChI is InChI=1S/C21H20Cl2N4O4S/c1-3-12-27(18-7-5-4-6-16(18)22)32(29,30)19-13-15(8-9-17(19)23)21(28)24-11-10-20-25-14(2)26-31-20/h3-9,13H,1,10-12H2,2H3,(H,24,28). The second kappa shape index (κ2) is 10.2. The van der Waals surface area contributed by atoms with Crippen molar-refractivity contribution in [1.29, 1.82) is 0 Å². The Kier molecular flexibility index (Phi) is 7.55. The zero-order chi connectivity index (χ0) is 23.3. The number of benzene rings is 2.